The van der Waals surface area contributed by atoms with Crippen molar-refractivity contribution < 1.29 is 14.7 Å². The molecule has 6 nitrogen and oxygen atoms in total. The topological polar surface area (TPSA) is 96.5 Å². The van der Waals surface area contributed by atoms with Gasteiger partial charge in [-0.3, -0.25) is 9.59 Å². The van der Waals surface area contributed by atoms with E-state index in [0.29, 0.717) is 10.8 Å². The van der Waals surface area contributed by atoms with Crippen molar-refractivity contribution >= 4 is 28.3 Å². The molecule has 2 unspecified atom stereocenters. The summed E-state index contributed by atoms with van der Waals surface area (Å²) < 4.78 is 0. The number of carbonyl (C=O) groups is 2. The molecule has 0 radical (unpaired) electrons. The zero-order valence-corrected chi connectivity index (χ0v) is 11.8. The van der Waals surface area contributed by atoms with E-state index in [1.807, 2.05) is 4.90 Å². The molecule has 2 bridgehead atoms. The Hall–Kier alpha value is -1.63. The fourth-order valence-corrected chi connectivity index (χ4v) is 4.09. The largest absolute Gasteiger partial charge is 0.481 e. The van der Waals surface area contributed by atoms with Crippen molar-refractivity contribution in [2.45, 2.75) is 44.2 Å². The van der Waals surface area contributed by atoms with E-state index in [9.17, 15) is 9.59 Å². The molecular weight excluding hydrogens is 278 g/mol. The second-order valence-electron chi connectivity index (χ2n) is 5.60. The Labute approximate surface area is 120 Å². The van der Waals surface area contributed by atoms with Crippen LogP contribution in [0.2, 0.25) is 0 Å². The molecule has 20 heavy (non-hydrogen) atoms. The Balaban J connectivity index is 1.74. The van der Waals surface area contributed by atoms with Crippen LogP contribution in [0.1, 0.15) is 42.6 Å². The van der Waals surface area contributed by atoms with Gasteiger partial charge in [0.25, 0.3) is 5.91 Å². The molecule has 0 aromatic carbocycles. The lowest BCUT2D eigenvalue weighted by molar-refractivity contribution is -0.138. The quantitative estimate of drug-likeness (QED) is 0.882. The summed E-state index contributed by atoms with van der Waals surface area (Å²) in [6.45, 7) is 0. The number of hydrogen-bond donors (Lipinski definition) is 2. The average Bonchev–Trinajstić information content (AvgIpc) is 2.91. The van der Waals surface area contributed by atoms with Gasteiger partial charge in [-0.2, -0.15) is 0 Å². The predicted octanol–water partition coefficient (Wildman–Crippen LogP) is 1.58. The van der Waals surface area contributed by atoms with Crippen LogP contribution in [-0.4, -0.2) is 39.0 Å². The Kier molecular flexibility index (Phi) is 3.37. The number of anilines is 1. The lowest BCUT2D eigenvalue weighted by atomic mass is 9.88. The highest BCUT2D eigenvalue weighted by Crippen LogP contribution is 2.40. The molecular formula is C13H17N3O3S. The van der Waals surface area contributed by atoms with Crippen molar-refractivity contribution in [1.29, 1.82) is 0 Å². The Morgan fingerprint density at radius 1 is 1.40 bits per heavy atom. The lowest BCUT2D eigenvalue weighted by Gasteiger charge is -2.38. The molecule has 3 N–H and O–H groups in total. The van der Waals surface area contributed by atoms with Gasteiger partial charge in [0, 0.05) is 23.9 Å². The number of aromatic nitrogens is 1. The first kappa shape index (κ1) is 13.4. The molecule has 3 rings (SSSR count). The Bertz CT molecular complexity index is 531. The number of nitrogen functional groups attached to an aromatic ring is 1. The van der Waals surface area contributed by atoms with E-state index in [0.717, 1.165) is 25.7 Å². The third-order valence-corrected chi connectivity index (χ3v) is 4.94. The molecule has 2 fully saturated rings. The fraction of sp³-hybridized carbons (Fsp3) is 0.615. The van der Waals surface area contributed by atoms with E-state index in [1.165, 1.54) is 11.3 Å². The highest BCUT2D eigenvalue weighted by molar-refractivity contribution is 7.13. The molecule has 1 amide bonds. The number of nitrogens with two attached hydrogens (primary N) is 1. The number of fused-ring (bicyclic) bond motifs is 2. The number of carbonyl (C=O) groups excluding carboxylic acids is 1. The van der Waals surface area contributed by atoms with Crippen LogP contribution < -0.4 is 5.73 Å². The van der Waals surface area contributed by atoms with Gasteiger partial charge in [0.15, 0.2) is 5.13 Å². The fourth-order valence-electron chi connectivity index (χ4n) is 3.55. The molecule has 0 aliphatic carbocycles. The van der Waals surface area contributed by atoms with Crippen LogP contribution in [0.3, 0.4) is 0 Å². The Morgan fingerprint density at radius 2 is 2.05 bits per heavy atom. The van der Waals surface area contributed by atoms with Crippen LogP contribution in [0.15, 0.2) is 5.38 Å². The molecule has 1 aromatic rings. The minimum Gasteiger partial charge on any atom is -0.481 e. The first-order chi connectivity index (χ1) is 9.54. The van der Waals surface area contributed by atoms with Crippen LogP contribution >= 0.6 is 11.3 Å². The van der Waals surface area contributed by atoms with E-state index in [2.05, 4.69) is 4.98 Å². The number of carboxylic acids is 1. The van der Waals surface area contributed by atoms with E-state index in [-0.39, 0.29) is 30.3 Å². The summed E-state index contributed by atoms with van der Waals surface area (Å²) in [5.41, 5.74) is 6.00. The van der Waals surface area contributed by atoms with Gasteiger partial charge >= 0.3 is 5.97 Å². The smallest absolute Gasteiger partial charge is 0.303 e. The summed E-state index contributed by atoms with van der Waals surface area (Å²) in [4.78, 5) is 29.3. The molecule has 2 atom stereocenters. The van der Waals surface area contributed by atoms with Crippen LogP contribution in [0.25, 0.3) is 0 Å². The number of carboxylic acid groups (broad SMARTS) is 1. The maximum atomic E-state index is 12.5. The average molecular weight is 295 g/mol. The van der Waals surface area contributed by atoms with Crippen molar-refractivity contribution in [2.75, 3.05) is 5.73 Å². The van der Waals surface area contributed by atoms with Gasteiger partial charge < -0.3 is 15.7 Å². The third kappa shape index (κ3) is 2.37. The van der Waals surface area contributed by atoms with Crippen LogP contribution in [0, 0.1) is 5.92 Å². The van der Waals surface area contributed by atoms with E-state index >= 15 is 0 Å². The van der Waals surface area contributed by atoms with E-state index in [4.69, 9.17) is 10.8 Å². The van der Waals surface area contributed by atoms with Crippen molar-refractivity contribution in [3.05, 3.63) is 11.1 Å². The van der Waals surface area contributed by atoms with Gasteiger partial charge in [-0.05, 0) is 31.6 Å². The van der Waals surface area contributed by atoms with Crippen molar-refractivity contribution in [3.63, 3.8) is 0 Å². The highest BCUT2D eigenvalue weighted by atomic mass is 32.1. The predicted molar refractivity (Wildman–Crippen MR) is 74.5 cm³/mol. The molecule has 0 saturated carbocycles. The van der Waals surface area contributed by atoms with Crippen LogP contribution in [0.5, 0.6) is 0 Å². The van der Waals surface area contributed by atoms with Crippen molar-refractivity contribution in [3.8, 4) is 0 Å². The lowest BCUT2D eigenvalue weighted by Crippen LogP contribution is -2.47. The Morgan fingerprint density at radius 3 is 2.55 bits per heavy atom. The summed E-state index contributed by atoms with van der Waals surface area (Å²) >= 11 is 1.27. The van der Waals surface area contributed by atoms with E-state index < -0.39 is 5.97 Å². The van der Waals surface area contributed by atoms with Gasteiger partial charge in [-0.25, -0.2) is 4.98 Å². The second-order valence-corrected chi connectivity index (χ2v) is 6.49. The number of nitrogens with zero attached hydrogens (tertiary/aromatic N) is 2. The monoisotopic (exact) mass is 295 g/mol. The number of hydrogen-bond acceptors (Lipinski definition) is 5. The first-order valence-corrected chi connectivity index (χ1v) is 7.68. The number of aliphatic carboxylic acids is 1. The van der Waals surface area contributed by atoms with Crippen molar-refractivity contribution in [1.82, 2.24) is 9.88 Å². The molecule has 2 aliphatic heterocycles. The van der Waals surface area contributed by atoms with Crippen LogP contribution in [0.4, 0.5) is 5.13 Å². The van der Waals surface area contributed by atoms with Crippen LogP contribution in [-0.2, 0) is 4.79 Å². The maximum Gasteiger partial charge on any atom is 0.303 e. The minimum atomic E-state index is -0.749. The number of piperidine rings is 1. The molecule has 108 valence electrons. The summed E-state index contributed by atoms with van der Waals surface area (Å²) in [6.07, 6.45) is 3.71. The minimum absolute atomic E-state index is 0.0563. The van der Waals surface area contributed by atoms with Gasteiger partial charge in [0.1, 0.15) is 5.69 Å². The van der Waals surface area contributed by atoms with Gasteiger partial charge in [-0.1, -0.05) is 0 Å². The van der Waals surface area contributed by atoms with Gasteiger partial charge in [0.2, 0.25) is 0 Å². The summed E-state index contributed by atoms with van der Waals surface area (Å²) in [6, 6.07) is 0.321. The number of amides is 1. The summed E-state index contributed by atoms with van der Waals surface area (Å²) in [7, 11) is 0. The zero-order valence-electron chi connectivity index (χ0n) is 11.0. The highest BCUT2D eigenvalue weighted by Gasteiger charge is 2.44. The summed E-state index contributed by atoms with van der Waals surface area (Å²) in [5, 5.41) is 11.0. The van der Waals surface area contributed by atoms with Gasteiger partial charge in [0.05, 0.1) is 0 Å². The third-order valence-electron chi connectivity index (χ3n) is 4.27. The molecule has 2 saturated heterocycles. The second kappa shape index (κ2) is 5.05. The molecule has 2 aliphatic rings. The maximum absolute atomic E-state index is 12.5. The van der Waals surface area contributed by atoms with Crippen molar-refractivity contribution in [2.24, 2.45) is 5.92 Å². The first-order valence-electron chi connectivity index (χ1n) is 6.80. The molecule has 3 heterocycles. The SMILES string of the molecule is Nc1nc(C(=O)N2C3CCC2CC(CC(=O)O)C3)cs1. The number of thiazole rings is 1. The van der Waals surface area contributed by atoms with Gasteiger partial charge in [-0.15, -0.1) is 11.3 Å². The standard InChI is InChI=1S/C13H17N3O3S/c14-13-15-10(6-20-13)12(19)16-8-1-2-9(16)4-7(3-8)5-11(17)18/h6-9H,1-5H2,(H2,14,15)(H,17,18). The molecule has 7 heteroatoms. The molecule has 1 aromatic heterocycles. The number of rotatable bonds is 3. The molecule has 0 spiro atoms. The van der Waals surface area contributed by atoms with E-state index in [1.54, 1.807) is 5.38 Å². The summed E-state index contributed by atoms with van der Waals surface area (Å²) in [5.74, 6) is -0.616. The zero-order chi connectivity index (χ0) is 14.3. The normalized spacial score (nSPS) is 28.6.